The lowest BCUT2D eigenvalue weighted by Gasteiger charge is -2.05. The minimum absolute atomic E-state index is 0.0831. The number of carbonyl (C=O) groups excluding carboxylic acids is 1. The third-order valence-corrected chi connectivity index (χ3v) is 2.40. The number of ether oxygens (including phenoxy) is 1. The number of methoxy groups -OCH3 is 1. The zero-order valence-corrected chi connectivity index (χ0v) is 10.1. The van der Waals surface area contributed by atoms with Crippen LogP contribution in [0.1, 0.15) is 25.0 Å². The van der Waals surface area contributed by atoms with E-state index in [4.69, 9.17) is 4.74 Å². The largest absolute Gasteiger partial charge is 0.384 e. The molecular formula is C14H18O2. The van der Waals surface area contributed by atoms with Crippen molar-refractivity contribution in [1.29, 1.82) is 0 Å². The Hall–Kier alpha value is -1.41. The zero-order chi connectivity index (χ0) is 12.0. The molecule has 86 valence electrons. The number of hydrogen-bond acceptors (Lipinski definition) is 2. The van der Waals surface area contributed by atoms with Gasteiger partial charge in [-0.2, -0.15) is 0 Å². The molecule has 0 aliphatic rings. The second-order valence-corrected chi connectivity index (χ2v) is 3.88. The first-order chi connectivity index (χ1) is 7.63. The Morgan fingerprint density at radius 1 is 1.38 bits per heavy atom. The molecule has 0 aliphatic heterocycles. The van der Waals surface area contributed by atoms with Crippen LogP contribution in [0.25, 0.3) is 5.57 Å². The Balaban J connectivity index is 2.85. The lowest BCUT2D eigenvalue weighted by atomic mass is 10.0. The first-order valence-electron chi connectivity index (χ1n) is 5.40. The summed E-state index contributed by atoms with van der Waals surface area (Å²) in [6.45, 7) is 4.24. The minimum Gasteiger partial charge on any atom is -0.384 e. The van der Waals surface area contributed by atoms with Crippen molar-refractivity contribution in [3.8, 4) is 0 Å². The first-order valence-corrected chi connectivity index (χ1v) is 5.40. The van der Waals surface area contributed by atoms with Gasteiger partial charge in [-0.1, -0.05) is 24.3 Å². The molecule has 0 amide bonds. The summed E-state index contributed by atoms with van der Waals surface area (Å²) in [5, 5.41) is 0. The van der Waals surface area contributed by atoms with E-state index in [2.05, 4.69) is 12.1 Å². The van der Waals surface area contributed by atoms with Crippen LogP contribution in [-0.2, 0) is 16.0 Å². The zero-order valence-electron chi connectivity index (χ0n) is 10.1. The Bertz CT molecular complexity index is 391. The number of carbonyl (C=O) groups is 1. The van der Waals surface area contributed by atoms with Crippen molar-refractivity contribution in [3.05, 3.63) is 41.5 Å². The molecule has 0 N–H and O–H groups in total. The SMILES string of the molecule is COCCc1cccc(C(C)=CC(C)=O)c1. The van der Waals surface area contributed by atoms with E-state index in [-0.39, 0.29) is 5.78 Å². The number of ketones is 1. The van der Waals surface area contributed by atoms with Gasteiger partial charge in [-0.15, -0.1) is 0 Å². The summed E-state index contributed by atoms with van der Waals surface area (Å²) >= 11 is 0. The summed E-state index contributed by atoms with van der Waals surface area (Å²) in [7, 11) is 1.70. The summed E-state index contributed by atoms with van der Waals surface area (Å²) in [5.41, 5.74) is 3.34. The quantitative estimate of drug-likeness (QED) is 0.710. The molecule has 0 spiro atoms. The van der Waals surface area contributed by atoms with Crippen molar-refractivity contribution in [3.63, 3.8) is 0 Å². The molecule has 0 radical (unpaired) electrons. The average Bonchev–Trinajstić information content (AvgIpc) is 2.26. The van der Waals surface area contributed by atoms with Crippen LogP contribution >= 0.6 is 0 Å². The van der Waals surface area contributed by atoms with E-state index in [1.165, 1.54) is 5.56 Å². The van der Waals surface area contributed by atoms with Gasteiger partial charge in [0, 0.05) is 7.11 Å². The van der Waals surface area contributed by atoms with Crippen LogP contribution in [0.3, 0.4) is 0 Å². The Morgan fingerprint density at radius 3 is 2.75 bits per heavy atom. The van der Waals surface area contributed by atoms with Crippen molar-refractivity contribution >= 4 is 11.4 Å². The number of rotatable bonds is 5. The molecule has 0 heterocycles. The average molecular weight is 218 g/mol. The van der Waals surface area contributed by atoms with Gasteiger partial charge in [0.1, 0.15) is 0 Å². The van der Waals surface area contributed by atoms with Crippen LogP contribution in [-0.4, -0.2) is 19.5 Å². The number of allylic oxidation sites excluding steroid dienone is 2. The van der Waals surface area contributed by atoms with Crippen LogP contribution in [0.4, 0.5) is 0 Å². The topological polar surface area (TPSA) is 26.3 Å². The standard InChI is InChI=1S/C14H18O2/c1-11(9-12(2)15)14-6-4-5-13(10-14)7-8-16-3/h4-6,9-10H,7-8H2,1-3H3. The fourth-order valence-corrected chi connectivity index (χ4v) is 1.58. The van der Waals surface area contributed by atoms with E-state index in [0.717, 1.165) is 24.2 Å². The normalized spacial score (nSPS) is 11.6. The lowest BCUT2D eigenvalue weighted by Crippen LogP contribution is -1.95. The van der Waals surface area contributed by atoms with Crippen molar-refractivity contribution in [2.75, 3.05) is 13.7 Å². The molecule has 0 saturated carbocycles. The highest BCUT2D eigenvalue weighted by molar-refractivity contribution is 5.94. The maximum Gasteiger partial charge on any atom is 0.152 e. The molecule has 0 aliphatic carbocycles. The second kappa shape index (κ2) is 6.23. The van der Waals surface area contributed by atoms with Gasteiger partial charge in [0.15, 0.2) is 5.78 Å². The molecular weight excluding hydrogens is 200 g/mol. The summed E-state index contributed by atoms with van der Waals surface area (Å²) in [6, 6.07) is 8.21. The molecule has 1 aromatic rings. The Kier molecular flexibility index (Phi) is 4.93. The second-order valence-electron chi connectivity index (χ2n) is 3.88. The van der Waals surface area contributed by atoms with Gasteiger partial charge < -0.3 is 4.74 Å². The monoisotopic (exact) mass is 218 g/mol. The van der Waals surface area contributed by atoms with Crippen LogP contribution in [0, 0.1) is 0 Å². The summed E-state index contributed by atoms with van der Waals surface area (Å²) in [5.74, 6) is 0.0831. The van der Waals surface area contributed by atoms with E-state index in [1.807, 2.05) is 19.1 Å². The molecule has 0 aromatic heterocycles. The first kappa shape index (κ1) is 12.7. The van der Waals surface area contributed by atoms with Crippen LogP contribution < -0.4 is 0 Å². The highest BCUT2D eigenvalue weighted by Crippen LogP contribution is 2.15. The highest BCUT2D eigenvalue weighted by Gasteiger charge is 1.99. The predicted octanol–water partition coefficient (Wildman–Crippen LogP) is 2.87. The lowest BCUT2D eigenvalue weighted by molar-refractivity contribution is -0.112. The molecule has 1 aromatic carbocycles. The van der Waals surface area contributed by atoms with Crippen molar-refractivity contribution in [2.45, 2.75) is 20.3 Å². The van der Waals surface area contributed by atoms with Crippen molar-refractivity contribution < 1.29 is 9.53 Å². The van der Waals surface area contributed by atoms with Gasteiger partial charge in [-0.3, -0.25) is 4.79 Å². The van der Waals surface area contributed by atoms with Gasteiger partial charge in [0.05, 0.1) is 6.61 Å². The molecule has 2 nitrogen and oxygen atoms in total. The molecule has 16 heavy (non-hydrogen) atoms. The van der Waals surface area contributed by atoms with E-state index in [1.54, 1.807) is 20.1 Å². The number of benzene rings is 1. The predicted molar refractivity (Wildman–Crippen MR) is 66.4 cm³/mol. The van der Waals surface area contributed by atoms with Crippen molar-refractivity contribution in [2.24, 2.45) is 0 Å². The van der Waals surface area contributed by atoms with Crippen LogP contribution in [0.5, 0.6) is 0 Å². The summed E-state index contributed by atoms with van der Waals surface area (Å²) in [4.78, 5) is 11.0. The molecule has 2 heteroatoms. The fraction of sp³-hybridized carbons (Fsp3) is 0.357. The van der Waals surface area contributed by atoms with Gasteiger partial charge in [0.25, 0.3) is 0 Å². The van der Waals surface area contributed by atoms with Gasteiger partial charge in [0.2, 0.25) is 0 Å². The molecule has 0 saturated heterocycles. The van der Waals surface area contributed by atoms with Crippen molar-refractivity contribution in [1.82, 2.24) is 0 Å². The Labute approximate surface area is 96.9 Å². The Morgan fingerprint density at radius 2 is 2.12 bits per heavy atom. The van der Waals surface area contributed by atoms with Gasteiger partial charge in [-0.25, -0.2) is 0 Å². The highest BCUT2D eigenvalue weighted by atomic mass is 16.5. The van der Waals surface area contributed by atoms with Crippen LogP contribution in [0.2, 0.25) is 0 Å². The van der Waals surface area contributed by atoms with Gasteiger partial charge >= 0.3 is 0 Å². The third-order valence-electron chi connectivity index (χ3n) is 2.40. The minimum atomic E-state index is 0.0831. The van der Waals surface area contributed by atoms with E-state index in [9.17, 15) is 4.79 Å². The summed E-state index contributed by atoms with van der Waals surface area (Å²) < 4.78 is 5.04. The third kappa shape index (κ3) is 3.99. The molecule has 1 rings (SSSR count). The fourth-order valence-electron chi connectivity index (χ4n) is 1.58. The van der Waals surface area contributed by atoms with E-state index >= 15 is 0 Å². The van der Waals surface area contributed by atoms with E-state index in [0.29, 0.717) is 0 Å². The molecule has 0 atom stereocenters. The molecule has 0 unspecified atom stereocenters. The van der Waals surface area contributed by atoms with Crippen LogP contribution in [0.15, 0.2) is 30.3 Å². The summed E-state index contributed by atoms with van der Waals surface area (Å²) in [6.07, 6.45) is 2.56. The molecule has 0 fully saturated rings. The number of hydrogen-bond donors (Lipinski definition) is 0. The maximum absolute atomic E-state index is 11.0. The smallest absolute Gasteiger partial charge is 0.152 e. The molecule has 0 bridgehead atoms. The van der Waals surface area contributed by atoms with Gasteiger partial charge in [-0.05, 0) is 43.0 Å². The maximum atomic E-state index is 11.0. The van der Waals surface area contributed by atoms with E-state index < -0.39 is 0 Å².